The lowest BCUT2D eigenvalue weighted by atomic mass is 10.1. The van der Waals surface area contributed by atoms with Gasteiger partial charge in [0.05, 0.1) is 11.0 Å². The summed E-state index contributed by atoms with van der Waals surface area (Å²) in [4.78, 5) is -0.397. The second-order valence-electron chi connectivity index (χ2n) is 4.10. The largest absolute Gasteiger partial charge is 0.393 e. The van der Waals surface area contributed by atoms with Crippen LogP contribution in [0, 0.1) is 0 Å². The van der Waals surface area contributed by atoms with Crippen LogP contribution in [0.1, 0.15) is 25.3 Å². The lowest BCUT2D eigenvalue weighted by Crippen LogP contribution is -2.12. The molecule has 0 radical (unpaired) electrons. The van der Waals surface area contributed by atoms with Crippen LogP contribution < -0.4 is 0 Å². The third-order valence-corrected chi connectivity index (χ3v) is 3.98. The van der Waals surface area contributed by atoms with Gasteiger partial charge < -0.3 is 5.11 Å². The van der Waals surface area contributed by atoms with Gasteiger partial charge in [0.1, 0.15) is 0 Å². The van der Waals surface area contributed by atoms with E-state index in [1.54, 1.807) is 0 Å². The Kier molecular flexibility index (Phi) is 5.22. The predicted molar refractivity (Wildman–Crippen MR) is 64.3 cm³/mol. The molecule has 6 heteroatoms. The molecule has 0 aliphatic rings. The molecule has 0 amide bonds. The molecule has 0 fully saturated rings. The molecule has 0 saturated heterocycles. The molecule has 102 valence electrons. The summed E-state index contributed by atoms with van der Waals surface area (Å²) < 4.78 is 46.9. The number of aliphatic hydroxyl groups excluding tert-OH is 1. The SMILES string of the molecule is CCCC(O)Cc1ccc(S(=O)(=O)C(F)F)cc1. The van der Waals surface area contributed by atoms with E-state index in [-0.39, 0.29) is 0 Å². The Morgan fingerprint density at radius 2 is 1.78 bits per heavy atom. The summed E-state index contributed by atoms with van der Waals surface area (Å²) in [6, 6.07) is 5.20. The quantitative estimate of drug-likeness (QED) is 0.869. The minimum Gasteiger partial charge on any atom is -0.393 e. The van der Waals surface area contributed by atoms with Crippen LogP contribution >= 0.6 is 0 Å². The highest BCUT2D eigenvalue weighted by molar-refractivity contribution is 7.91. The smallest absolute Gasteiger partial charge is 0.341 e. The fourth-order valence-electron chi connectivity index (χ4n) is 1.63. The van der Waals surface area contributed by atoms with Gasteiger partial charge in [0.15, 0.2) is 0 Å². The van der Waals surface area contributed by atoms with Crippen LogP contribution in [-0.4, -0.2) is 25.4 Å². The van der Waals surface area contributed by atoms with E-state index >= 15 is 0 Å². The predicted octanol–water partition coefficient (Wildman–Crippen LogP) is 2.39. The highest BCUT2D eigenvalue weighted by Gasteiger charge is 2.26. The van der Waals surface area contributed by atoms with E-state index in [4.69, 9.17) is 0 Å². The van der Waals surface area contributed by atoms with E-state index in [1.807, 2.05) is 6.92 Å². The summed E-state index contributed by atoms with van der Waals surface area (Å²) >= 11 is 0. The number of benzene rings is 1. The molecule has 1 unspecified atom stereocenters. The molecule has 0 heterocycles. The van der Waals surface area contributed by atoms with Gasteiger partial charge in [-0.05, 0) is 30.5 Å². The maximum Gasteiger partial charge on any atom is 0.341 e. The van der Waals surface area contributed by atoms with Crippen LogP contribution in [0.2, 0.25) is 0 Å². The Morgan fingerprint density at radius 3 is 2.22 bits per heavy atom. The molecule has 1 rings (SSSR count). The summed E-state index contributed by atoms with van der Waals surface area (Å²) in [6.07, 6.45) is 1.39. The number of hydrogen-bond donors (Lipinski definition) is 1. The Labute approximate surface area is 105 Å². The molecular weight excluding hydrogens is 262 g/mol. The fourth-order valence-corrected chi connectivity index (χ4v) is 2.35. The molecule has 1 aromatic carbocycles. The van der Waals surface area contributed by atoms with E-state index < -0.39 is 26.6 Å². The van der Waals surface area contributed by atoms with Crippen molar-refractivity contribution in [2.75, 3.05) is 0 Å². The van der Waals surface area contributed by atoms with Crippen molar-refractivity contribution in [3.63, 3.8) is 0 Å². The van der Waals surface area contributed by atoms with E-state index in [0.717, 1.165) is 24.1 Å². The van der Waals surface area contributed by atoms with Crippen molar-refractivity contribution in [2.24, 2.45) is 0 Å². The third-order valence-electron chi connectivity index (χ3n) is 2.58. The normalized spacial score (nSPS) is 13.8. The second-order valence-corrected chi connectivity index (χ2v) is 6.01. The van der Waals surface area contributed by atoms with E-state index in [2.05, 4.69) is 0 Å². The highest BCUT2D eigenvalue weighted by atomic mass is 32.2. The van der Waals surface area contributed by atoms with Crippen LogP contribution in [0.25, 0.3) is 0 Å². The summed E-state index contributed by atoms with van der Waals surface area (Å²) in [6.45, 7) is 1.95. The minimum atomic E-state index is -4.53. The highest BCUT2D eigenvalue weighted by Crippen LogP contribution is 2.19. The van der Waals surface area contributed by atoms with E-state index in [0.29, 0.717) is 12.8 Å². The Balaban J connectivity index is 2.81. The molecule has 0 saturated carbocycles. The Morgan fingerprint density at radius 1 is 1.22 bits per heavy atom. The van der Waals surface area contributed by atoms with Crippen LogP contribution in [0.3, 0.4) is 0 Å². The van der Waals surface area contributed by atoms with E-state index in [9.17, 15) is 22.3 Å². The molecule has 0 aliphatic heterocycles. The van der Waals surface area contributed by atoms with Gasteiger partial charge in [-0.15, -0.1) is 0 Å². The molecule has 0 aromatic heterocycles. The first-order valence-electron chi connectivity index (χ1n) is 5.67. The number of sulfone groups is 1. The van der Waals surface area contributed by atoms with Crippen molar-refractivity contribution in [3.8, 4) is 0 Å². The zero-order valence-corrected chi connectivity index (χ0v) is 10.8. The Hall–Kier alpha value is -1.01. The average molecular weight is 278 g/mol. The van der Waals surface area contributed by atoms with Gasteiger partial charge in [-0.2, -0.15) is 8.78 Å². The zero-order valence-electron chi connectivity index (χ0n) is 10.0. The number of hydrogen-bond acceptors (Lipinski definition) is 3. The molecule has 1 aromatic rings. The second kappa shape index (κ2) is 6.24. The fraction of sp³-hybridized carbons (Fsp3) is 0.500. The topological polar surface area (TPSA) is 54.4 Å². The lowest BCUT2D eigenvalue weighted by Gasteiger charge is -2.09. The first kappa shape index (κ1) is 15.0. The summed E-state index contributed by atoms with van der Waals surface area (Å²) in [7, 11) is -4.53. The number of halogens is 2. The average Bonchev–Trinajstić information content (AvgIpc) is 2.29. The van der Waals surface area contributed by atoms with Gasteiger partial charge >= 0.3 is 5.76 Å². The zero-order chi connectivity index (χ0) is 13.8. The van der Waals surface area contributed by atoms with Gasteiger partial charge in [0.25, 0.3) is 0 Å². The number of aliphatic hydroxyl groups is 1. The van der Waals surface area contributed by atoms with Crippen molar-refractivity contribution < 1.29 is 22.3 Å². The third kappa shape index (κ3) is 3.74. The molecule has 0 aliphatic carbocycles. The molecule has 3 nitrogen and oxygen atoms in total. The minimum absolute atomic E-state index is 0.392. The maximum absolute atomic E-state index is 12.3. The number of alkyl halides is 2. The molecular formula is C12H16F2O3S. The van der Waals surface area contributed by atoms with Gasteiger partial charge in [-0.3, -0.25) is 0 Å². The van der Waals surface area contributed by atoms with Crippen LogP contribution in [0.15, 0.2) is 29.2 Å². The first-order valence-corrected chi connectivity index (χ1v) is 7.21. The lowest BCUT2D eigenvalue weighted by molar-refractivity contribution is 0.164. The standard InChI is InChI=1S/C12H16F2O3S/c1-2-3-10(15)8-9-4-6-11(7-5-9)18(16,17)12(13)14/h4-7,10,12,15H,2-3,8H2,1H3. The molecule has 18 heavy (non-hydrogen) atoms. The van der Waals surface area contributed by atoms with Crippen molar-refractivity contribution in [2.45, 2.75) is 42.9 Å². The van der Waals surface area contributed by atoms with Gasteiger partial charge in [-0.1, -0.05) is 25.5 Å². The monoisotopic (exact) mass is 278 g/mol. The van der Waals surface area contributed by atoms with Crippen LogP contribution in [-0.2, 0) is 16.3 Å². The summed E-state index contributed by atoms with van der Waals surface area (Å²) in [5, 5.41) is 9.58. The first-order chi connectivity index (χ1) is 8.37. The van der Waals surface area contributed by atoms with Crippen molar-refractivity contribution >= 4 is 9.84 Å². The van der Waals surface area contributed by atoms with Crippen LogP contribution in [0.5, 0.6) is 0 Å². The molecule has 1 N–H and O–H groups in total. The van der Waals surface area contributed by atoms with Gasteiger partial charge in [-0.25, -0.2) is 8.42 Å². The number of rotatable bonds is 6. The molecule has 1 atom stereocenters. The molecule has 0 bridgehead atoms. The maximum atomic E-state index is 12.3. The van der Waals surface area contributed by atoms with Crippen molar-refractivity contribution in [1.29, 1.82) is 0 Å². The van der Waals surface area contributed by atoms with Gasteiger partial charge in [0, 0.05) is 0 Å². The van der Waals surface area contributed by atoms with Crippen molar-refractivity contribution in [1.82, 2.24) is 0 Å². The van der Waals surface area contributed by atoms with Crippen LogP contribution in [0.4, 0.5) is 8.78 Å². The molecule has 0 spiro atoms. The summed E-state index contributed by atoms with van der Waals surface area (Å²) in [5.41, 5.74) is 0.726. The summed E-state index contributed by atoms with van der Waals surface area (Å²) in [5.74, 6) is -3.41. The van der Waals surface area contributed by atoms with Gasteiger partial charge in [0.2, 0.25) is 9.84 Å². The van der Waals surface area contributed by atoms with Crippen molar-refractivity contribution in [3.05, 3.63) is 29.8 Å². The van der Waals surface area contributed by atoms with E-state index in [1.165, 1.54) is 12.1 Å². The Bertz CT molecular complexity index is 469.